The molecule has 0 saturated heterocycles. The zero-order valence-electron chi connectivity index (χ0n) is 15.3. The van der Waals surface area contributed by atoms with Gasteiger partial charge in [-0.1, -0.05) is 6.07 Å². The SMILES string of the molecule is Cc1ccc2cc(C(=O)NCCc3coc(-c4ccc(F)cc4)n3)ccc2n1. The van der Waals surface area contributed by atoms with Crippen molar-refractivity contribution >= 4 is 16.8 Å². The Morgan fingerprint density at radius 2 is 1.89 bits per heavy atom. The van der Waals surface area contributed by atoms with E-state index in [0.29, 0.717) is 30.0 Å². The summed E-state index contributed by atoms with van der Waals surface area (Å²) >= 11 is 0. The number of amides is 1. The molecular formula is C22H18FN3O2. The van der Waals surface area contributed by atoms with Gasteiger partial charge in [-0.2, -0.15) is 0 Å². The number of hydrogen-bond donors (Lipinski definition) is 1. The molecule has 0 fully saturated rings. The predicted octanol–water partition coefficient (Wildman–Crippen LogP) is 4.31. The Labute approximate surface area is 161 Å². The van der Waals surface area contributed by atoms with Gasteiger partial charge >= 0.3 is 0 Å². The number of pyridine rings is 1. The van der Waals surface area contributed by atoms with Gasteiger partial charge in [-0.25, -0.2) is 9.37 Å². The van der Waals surface area contributed by atoms with Gasteiger partial charge in [0.25, 0.3) is 5.91 Å². The molecule has 0 radical (unpaired) electrons. The third-order valence-corrected chi connectivity index (χ3v) is 4.40. The average Bonchev–Trinajstić information content (AvgIpc) is 3.17. The van der Waals surface area contributed by atoms with Gasteiger partial charge in [0.15, 0.2) is 0 Å². The Hall–Kier alpha value is -3.54. The first-order valence-electron chi connectivity index (χ1n) is 8.94. The van der Waals surface area contributed by atoms with Crippen molar-refractivity contribution in [3.63, 3.8) is 0 Å². The average molecular weight is 375 g/mol. The van der Waals surface area contributed by atoms with Gasteiger partial charge in [0.1, 0.15) is 12.1 Å². The van der Waals surface area contributed by atoms with Crippen LogP contribution in [0.1, 0.15) is 21.7 Å². The maximum Gasteiger partial charge on any atom is 0.251 e. The van der Waals surface area contributed by atoms with E-state index in [-0.39, 0.29) is 11.7 Å². The summed E-state index contributed by atoms with van der Waals surface area (Å²) in [5, 5.41) is 3.82. The van der Waals surface area contributed by atoms with Crippen molar-refractivity contribution in [2.24, 2.45) is 0 Å². The molecule has 0 atom stereocenters. The molecule has 4 rings (SSSR count). The van der Waals surface area contributed by atoms with Crippen molar-refractivity contribution in [2.45, 2.75) is 13.3 Å². The molecule has 140 valence electrons. The molecule has 1 N–H and O–H groups in total. The van der Waals surface area contributed by atoms with Gasteiger partial charge < -0.3 is 9.73 Å². The minimum Gasteiger partial charge on any atom is -0.444 e. The number of benzene rings is 2. The van der Waals surface area contributed by atoms with Crippen LogP contribution in [0.25, 0.3) is 22.4 Å². The molecule has 5 nitrogen and oxygen atoms in total. The van der Waals surface area contributed by atoms with Gasteiger partial charge in [0.05, 0.1) is 11.2 Å². The van der Waals surface area contributed by atoms with Crippen molar-refractivity contribution in [1.82, 2.24) is 15.3 Å². The van der Waals surface area contributed by atoms with Crippen LogP contribution < -0.4 is 5.32 Å². The zero-order valence-corrected chi connectivity index (χ0v) is 15.3. The highest BCUT2D eigenvalue weighted by Gasteiger charge is 2.09. The smallest absolute Gasteiger partial charge is 0.251 e. The monoisotopic (exact) mass is 375 g/mol. The quantitative estimate of drug-likeness (QED) is 0.564. The summed E-state index contributed by atoms with van der Waals surface area (Å²) in [6, 6.07) is 15.3. The zero-order chi connectivity index (χ0) is 19.5. The number of carbonyl (C=O) groups excluding carboxylic acids is 1. The van der Waals surface area contributed by atoms with Gasteiger partial charge in [0.2, 0.25) is 5.89 Å². The lowest BCUT2D eigenvalue weighted by Gasteiger charge is -2.05. The summed E-state index contributed by atoms with van der Waals surface area (Å²) in [6.07, 6.45) is 2.08. The van der Waals surface area contributed by atoms with Crippen LogP contribution in [0, 0.1) is 12.7 Å². The first-order chi connectivity index (χ1) is 13.6. The molecular weight excluding hydrogens is 357 g/mol. The van der Waals surface area contributed by atoms with Gasteiger partial charge in [-0.05, 0) is 55.5 Å². The number of nitrogens with one attached hydrogen (secondary N) is 1. The molecule has 2 aromatic carbocycles. The molecule has 2 heterocycles. The van der Waals surface area contributed by atoms with E-state index in [2.05, 4.69) is 15.3 Å². The molecule has 0 bridgehead atoms. The van der Waals surface area contributed by atoms with E-state index in [4.69, 9.17) is 4.42 Å². The summed E-state index contributed by atoms with van der Waals surface area (Å²) in [5.74, 6) is -0.0266. The standard InChI is InChI=1S/C22H18FN3O2/c1-14-2-3-16-12-17(6-9-20(16)25-14)21(27)24-11-10-19-13-28-22(26-19)15-4-7-18(23)8-5-15/h2-9,12-13H,10-11H2,1H3,(H,24,27). The van der Waals surface area contributed by atoms with Crippen LogP contribution in [-0.2, 0) is 6.42 Å². The third-order valence-electron chi connectivity index (χ3n) is 4.40. The van der Waals surface area contributed by atoms with Crippen molar-refractivity contribution in [2.75, 3.05) is 6.54 Å². The summed E-state index contributed by atoms with van der Waals surface area (Å²) in [7, 11) is 0. The van der Waals surface area contributed by atoms with Crippen LogP contribution in [0.15, 0.2) is 65.3 Å². The van der Waals surface area contributed by atoms with Gasteiger partial charge in [-0.3, -0.25) is 9.78 Å². The van der Waals surface area contributed by atoms with E-state index < -0.39 is 0 Å². The lowest BCUT2D eigenvalue weighted by molar-refractivity contribution is 0.0954. The lowest BCUT2D eigenvalue weighted by Crippen LogP contribution is -2.25. The second-order valence-electron chi connectivity index (χ2n) is 6.52. The minimum absolute atomic E-state index is 0.148. The van der Waals surface area contributed by atoms with Crippen molar-refractivity contribution in [1.29, 1.82) is 0 Å². The summed E-state index contributed by atoms with van der Waals surface area (Å²) in [5.41, 5.74) is 3.82. The summed E-state index contributed by atoms with van der Waals surface area (Å²) in [6.45, 7) is 2.36. The Bertz CT molecular complexity index is 1140. The minimum atomic E-state index is -0.308. The number of oxazole rings is 1. The van der Waals surface area contributed by atoms with Crippen molar-refractivity contribution in [3.05, 3.63) is 83.6 Å². The summed E-state index contributed by atoms with van der Waals surface area (Å²) in [4.78, 5) is 21.2. The van der Waals surface area contributed by atoms with E-state index in [1.165, 1.54) is 12.1 Å². The fourth-order valence-corrected chi connectivity index (χ4v) is 2.92. The topological polar surface area (TPSA) is 68.0 Å². The fourth-order valence-electron chi connectivity index (χ4n) is 2.92. The molecule has 0 unspecified atom stereocenters. The van der Waals surface area contributed by atoms with Crippen molar-refractivity contribution < 1.29 is 13.6 Å². The van der Waals surface area contributed by atoms with E-state index in [1.54, 1.807) is 24.5 Å². The molecule has 2 aromatic heterocycles. The predicted molar refractivity (Wildman–Crippen MR) is 104 cm³/mol. The molecule has 0 spiro atoms. The van der Waals surface area contributed by atoms with Crippen molar-refractivity contribution in [3.8, 4) is 11.5 Å². The molecule has 6 heteroatoms. The molecule has 0 saturated carbocycles. The molecule has 28 heavy (non-hydrogen) atoms. The lowest BCUT2D eigenvalue weighted by atomic mass is 10.1. The van der Waals surface area contributed by atoms with Crippen LogP contribution in [0.2, 0.25) is 0 Å². The number of fused-ring (bicyclic) bond motifs is 1. The van der Waals surface area contributed by atoms with Gasteiger partial charge in [0, 0.05) is 35.2 Å². The van der Waals surface area contributed by atoms with Crippen LogP contribution in [0.3, 0.4) is 0 Å². The molecule has 0 aliphatic rings. The van der Waals surface area contributed by atoms with E-state index >= 15 is 0 Å². The van der Waals surface area contributed by atoms with E-state index in [0.717, 1.165) is 22.3 Å². The second-order valence-corrected chi connectivity index (χ2v) is 6.52. The fraction of sp³-hybridized carbons (Fsp3) is 0.136. The normalized spacial score (nSPS) is 10.9. The Morgan fingerprint density at radius 1 is 1.07 bits per heavy atom. The number of rotatable bonds is 5. The highest BCUT2D eigenvalue weighted by Crippen LogP contribution is 2.19. The molecule has 0 aliphatic carbocycles. The Morgan fingerprint density at radius 3 is 2.71 bits per heavy atom. The molecule has 4 aromatic rings. The summed E-state index contributed by atoms with van der Waals surface area (Å²) < 4.78 is 18.4. The first kappa shape index (κ1) is 17.9. The number of hydrogen-bond acceptors (Lipinski definition) is 4. The number of halogens is 1. The highest BCUT2D eigenvalue weighted by molar-refractivity contribution is 5.97. The Kier molecular flexibility index (Phi) is 4.85. The Balaban J connectivity index is 1.37. The van der Waals surface area contributed by atoms with Gasteiger partial charge in [-0.15, -0.1) is 0 Å². The van der Waals surface area contributed by atoms with Crippen LogP contribution >= 0.6 is 0 Å². The van der Waals surface area contributed by atoms with E-state index in [9.17, 15) is 9.18 Å². The largest absolute Gasteiger partial charge is 0.444 e. The molecule has 1 amide bonds. The molecule has 0 aliphatic heterocycles. The van der Waals surface area contributed by atoms with Crippen LogP contribution in [0.4, 0.5) is 4.39 Å². The maximum atomic E-state index is 13.0. The first-order valence-corrected chi connectivity index (χ1v) is 8.94. The number of aromatic nitrogens is 2. The number of aryl methyl sites for hydroxylation is 1. The third kappa shape index (κ3) is 3.91. The maximum absolute atomic E-state index is 13.0. The number of nitrogens with zero attached hydrogens (tertiary/aromatic N) is 2. The second kappa shape index (κ2) is 7.60. The highest BCUT2D eigenvalue weighted by atomic mass is 19.1. The van der Waals surface area contributed by atoms with E-state index in [1.807, 2.05) is 31.2 Å². The van der Waals surface area contributed by atoms with Crippen LogP contribution in [-0.4, -0.2) is 22.4 Å². The number of carbonyl (C=O) groups is 1. The van der Waals surface area contributed by atoms with Crippen LogP contribution in [0.5, 0.6) is 0 Å².